The van der Waals surface area contributed by atoms with Crippen molar-refractivity contribution in [2.24, 2.45) is 0 Å². The number of benzene rings is 1. The Morgan fingerprint density at radius 2 is 2.00 bits per heavy atom. The maximum atomic E-state index is 12.3. The van der Waals surface area contributed by atoms with Crippen LogP contribution in [0.25, 0.3) is 0 Å². The molecule has 7 nitrogen and oxygen atoms in total. The van der Waals surface area contributed by atoms with Gasteiger partial charge in [-0.25, -0.2) is 14.8 Å². The van der Waals surface area contributed by atoms with Crippen LogP contribution in [0.5, 0.6) is 5.75 Å². The Hall–Kier alpha value is -2.83. The summed E-state index contributed by atoms with van der Waals surface area (Å²) < 4.78 is 10.6. The lowest BCUT2D eigenvalue weighted by Gasteiger charge is -2.30. The topological polar surface area (TPSA) is 76.6 Å². The average molecular weight is 370 g/mol. The Morgan fingerprint density at radius 1 is 1.26 bits per heavy atom. The Bertz CT molecular complexity index is 800. The minimum absolute atomic E-state index is 0.306. The fourth-order valence-corrected chi connectivity index (χ4v) is 2.80. The van der Waals surface area contributed by atoms with Gasteiger partial charge in [-0.3, -0.25) is 0 Å². The van der Waals surface area contributed by atoms with Gasteiger partial charge < -0.3 is 19.7 Å². The van der Waals surface area contributed by atoms with Crippen LogP contribution in [0.4, 0.5) is 10.7 Å². The van der Waals surface area contributed by atoms with Gasteiger partial charge in [0.05, 0.1) is 19.3 Å². The van der Waals surface area contributed by atoms with E-state index in [0.717, 1.165) is 29.0 Å². The minimum Gasteiger partial charge on any atom is -0.497 e. The molecule has 0 saturated carbocycles. The van der Waals surface area contributed by atoms with Crippen LogP contribution < -0.4 is 10.1 Å². The van der Waals surface area contributed by atoms with Crippen LogP contribution in [0.3, 0.4) is 0 Å². The van der Waals surface area contributed by atoms with E-state index in [1.54, 1.807) is 12.0 Å². The molecule has 0 radical (unpaired) electrons. The number of ether oxygens (including phenoxy) is 2. The molecule has 1 aliphatic heterocycles. The number of anilines is 1. The molecule has 27 heavy (non-hydrogen) atoms. The molecule has 1 aromatic carbocycles. The van der Waals surface area contributed by atoms with Gasteiger partial charge in [0.15, 0.2) is 0 Å². The molecule has 1 aliphatic rings. The average Bonchev–Trinajstić information content (AvgIpc) is 2.64. The van der Waals surface area contributed by atoms with Gasteiger partial charge in [0.1, 0.15) is 11.4 Å². The number of rotatable bonds is 4. The van der Waals surface area contributed by atoms with Crippen molar-refractivity contribution in [2.45, 2.75) is 45.9 Å². The fraction of sp³-hybridized carbons (Fsp3) is 0.450. The van der Waals surface area contributed by atoms with Crippen LogP contribution in [0, 0.1) is 0 Å². The van der Waals surface area contributed by atoms with E-state index in [0.29, 0.717) is 25.6 Å². The first-order chi connectivity index (χ1) is 12.8. The summed E-state index contributed by atoms with van der Waals surface area (Å²) in [5, 5.41) is 3.23. The van der Waals surface area contributed by atoms with Crippen LogP contribution in [-0.2, 0) is 24.2 Å². The molecule has 0 unspecified atom stereocenters. The highest BCUT2D eigenvalue weighted by molar-refractivity contribution is 5.68. The number of amides is 1. The molecule has 2 heterocycles. The van der Waals surface area contributed by atoms with E-state index in [9.17, 15) is 4.79 Å². The second kappa shape index (κ2) is 7.82. The van der Waals surface area contributed by atoms with E-state index in [1.165, 1.54) is 0 Å². The Labute approximate surface area is 159 Å². The zero-order valence-electron chi connectivity index (χ0n) is 16.3. The first kappa shape index (κ1) is 18.9. The van der Waals surface area contributed by atoms with Crippen molar-refractivity contribution in [1.29, 1.82) is 0 Å². The van der Waals surface area contributed by atoms with Crippen molar-refractivity contribution in [2.75, 3.05) is 19.0 Å². The van der Waals surface area contributed by atoms with Gasteiger partial charge in [0, 0.05) is 19.3 Å². The molecule has 0 saturated heterocycles. The van der Waals surface area contributed by atoms with Gasteiger partial charge >= 0.3 is 6.09 Å². The maximum Gasteiger partial charge on any atom is 0.410 e. The van der Waals surface area contributed by atoms with E-state index < -0.39 is 5.60 Å². The Morgan fingerprint density at radius 3 is 2.67 bits per heavy atom. The van der Waals surface area contributed by atoms with E-state index in [1.807, 2.05) is 51.2 Å². The molecule has 1 N–H and O–H groups in total. The van der Waals surface area contributed by atoms with Crippen molar-refractivity contribution >= 4 is 12.0 Å². The van der Waals surface area contributed by atoms with E-state index in [2.05, 4.69) is 15.3 Å². The maximum absolute atomic E-state index is 12.3. The quantitative estimate of drug-likeness (QED) is 0.889. The highest BCUT2D eigenvalue weighted by Gasteiger charge is 2.26. The number of hydrogen-bond acceptors (Lipinski definition) is 6. The Kier molecular flexibility index (Phi) is 5.48. The monoisotopic (exact) mass is 370 g/mol. The molecule has 1 amide bonds. The number of methoxy groups -OCH3 is 1. The van der Waals surface area contributed by atoms with Crippen LogP contribution in [-0.4, -0.2) is 40.2 Å². The molecular weight excluding hydrogens is 344 g/mol. The highest BCUT2D eigenvalue weighted by atomic mass is 16.6. The zero-order valence-corrected chi connectivity index (χ0v) is 16.3. The van der Waals surface area contributed by atoms with Gasteiger partial charge in [-0.05, 0) is 50.5 Å². The molecule has 7 heteroatoms. The summed E-state index contributed by atoms with van der Waals surface area (Å²) in [6.07, 6.45) is 2.26. The zero-order chi connectivity index (χ0) is 19.4. The van der Waals surface area contributed by atoms with Crippen molar-refractivity contribution in [3.63, 3.8) is 0 Å². The lowest BCUT2D eigenvalue weighted by Crippen LogP contribution is -2.40. The molecular formula is C20H26N4O3. The van der Waals surface area contributed by atoms with E-state index in [-0.39, 0.29) is 6.09 Å². The fourth-order valence-electron chi connectivity index (χ4n) is 2.80. The van der Waals surface area contributed by atoms with Crippen molar-refractivity contribution in [3.05, 3.63) is 47.3 Å². The summed E-state index contributed by atoms with van der Waals surface area (Å²) in [7, 11) is 1.65. The number of carbonyl (C=O) groups excluding carboxylic acids is 1. The second-order valence-corrected chi connectivity index (χ2v) is 7.52. The van der Waals surface area contributed by atoms with Crippen molar-refractivity contribution < 1.29 is 14.3 Å². The summed E-state index contributed by atoms with van der Waals surface area (Å²) in [5.74, 6) is 1.38. The van der Waals surface area contributed by atoms with Gasteiger partial charge in [0.2, 0.25) is 5.95 Å². The molecule has 1 aromatic heterocycles. The number of nitrogens with zero attached hydrogens (tertiary/aromatic N) is 3. The first-order valence-corrected chi connectivity index (χ1v) is 9.03. The standard InChI is InChI=1S/C20H26N4O3/c1-20(2,3)27-19(25)24-10-9-15-12-22-18(23-17(15)13-24)21-11-14-5-7-16(26-4)8-6-14/h5-8,12H,9-11,13H2,1-4H3,(H,21,22,23). The van der Waals surface area contributed by atoms with Crippen LogP contribution >= 0.6 is 0 Å². The molecule has 0 atom stereocenters. The van der Waals surface area contributed by atoms with Crippen molar-refractivity contribution in [3.8, 4) is 5.75 Å². The largest absolute Gasteiger partial charge is 0.497 e. The SMILES string of the molecule is COc1ccc(CNc2ncc3c(n2)CN(C(=O)OC(C)(C)C)CC3)cc1. The molecule has 0 bridgehead atoms. The normalized spacial score (nSPS) is 13.7. The number of fused-ring (bicyclic) bond motifs is 1. The van der Waals surface area contributed by atoms with Gasteiger partial charge in [-0.2, -0.15) is 0 Å². The van der Waals surface area contributed by atoms with Gasteiger partial charge in [0.25, 0.3) is 0 Å². The molecule has 144 valence electrons. The third kappa shape index (κ3) is 5.09. The third-order valence-electron chi connectivity index (χ3n) is 4.21. The third-order valence-corrected chi connectivity index (χ3v) is 4.21. The molecule has 0 fully saturated rings. The lowest BCUT2D eigenvalue weighted by atomic mass is 10.1. The second-order valence-electron chi connectivity index (χ2n) is 7.52. The molecule has 0 spiro atoms. The molecule has 3 rings (SSSR count). The summed E-state index contributed by atoms with van der Waals surface area (Å²) in [6, 6.07) is 7.83. The summed E-state index contributed by atoms with van der Waals surface area (Å²) in [6.45, 7) is 7.26. The van der Waals surface area contributed by atoms with E-state index in [4.69, 9.17) is 9.47 Å². The first-order valence-electron chi connectivity index (χ1n) is 9.03. The van der Waals surface area contributed by atoms with Gasteiger partial charge in [-0.15, -0.1) is 0 Å². The van der Waals surface area contributed by atoms with Crippen LogP contribution in [0.2, 0.25) is 0 Å². The number of nitrogens with one attached hydrogen (secondary N) is 1. The lowest BCUT2D eigenvalue weighted by molar-refractivity contribution is 0.0220. The summed E-state index contributed by atoms with van der Waals surface area (Å²) >= 11 is 0. The molecule has 2 aromatic rings. The number of carbonyl (C=O) groups is 1. The molecule has 0 aliphatic carbocycles. The predicted octanol–water partition coefficient (Wildman–Crippen LogP) is 3.39. The van der Waals surface area contributed by atoms with Gasteiger partial charge in [-0.1, -0.05) is 12.1 Å². The van der Waals surface area contributed by atoms with Crippen LogP contribution in [0.15, 0.2) is 30.5 Å². The Balaban J connectivity index is 1.63. The van der Waals surface area contributed by atoms with E-state index >= 15 is 0 Å². The summed E-state index contributed by atoms with van der Waals surface area (Å²) in [5.41, 5.74) is 2.53. The van der Waals surface area contributed by atoms with Crippen molar-refractivity contribution in [1.82, 2.24) is 14.9 Å². The number of hydrogen-bond donors (Lipinski definition) is 1. The number of aromatic nitrogens is 2. The minimum atomic E-state index is -0.506. The van der Waals surface area contributed by atoms with Crippen LogP contribution in [0.1, 0.15) is 37.6 Å². The summed E-state index contributed by atoms with van der Waals surface area (Å²) in [4.78, 5) is 23.0. The smallest absolute Gasteiger partial charge is 0.410 e. The predicted molar refractivity (Wildman–Crippen MR) is 103 cm³/mol. The highest BCUT2D eigenvalue weighted by Crippen LogP contribution is 2.20.